The van der Waals surface area contributed by atoms with Crippen LogP contribution in [0.15, 0.2) is 72.3 Å². The molecule has 0 N–H and O–H groups in total. The van der Waals surface area contributed by atoms with E-state index in [0.29, 0.717) is 0 Å². The first-order valence-electron chi connectivity index (χ1n) is 7.13. The van der Waals surface area contributed by atoms with Gasteiger partial charge in [-0.15, -0.1) is 0 Å². The first-order valence-corrected chi connectivity index (χ1v) is 7.13. The number of carbonyl (C=O) groups is 1. The van der Waals surface area contributed by atoms with Gasteiger partial charge < -0.3 is 0 Å². The van der Waals surface area contributed by atoms with Crippen molar-refractivity contribution in [2.75, 3.05) is 0 Å². The Kier molecular flexibility index (Phi) is 2.71. The van der Waals surface area contributed by atoms with Crippen molar-refractivity contribution in [1.82, 2.24) is 0 Å². The minimum Gasteiger partial charge on any atom is -0.289 e. The second kappa shape index (κ2) is 4.71. The third-order valence-electron chi connectivity index (χ3n) is 4.05. The van der Waals surface area contributed by atoms with Gasteiger partial charge in [0, 0.05) is 17.6 Å². The molecule has 0 saturated carbocycles. The molecule has 0 fully saturated rings. The summed E-state index contributed by atoms with van der Waals surface area (Å²) in [5, 5.41) is 2.43. The number of allylic oxidation sites excluding steroid dienone is 1. The molecule has 1 aliphatic carbocycles. The maximum absolute atomic E-state index is 12.4. The molecule has 21 heavy (non-hydrogen) atoms. The van der Waals surface area contributed by atoms with Gasteiger partial charge in [0.2, 0.25) is 0 Å². The van der Waals surface area contributed by atoms with Gasteiger partial charge in [-0.2, -0.15) is 0 Å². The van der Waals surface area contributed by atoms with E-state index in [0.717, 1.165) is 28.7 Å². The van der Waals surface area contributed by atoms with Crippen LogP contribution in [-0.4, -0.2) is 5.78 Å². The van der Waals surface area contributed by atoms with Crippen LogP contribution in [0, 0.1) is 0 Å². The van der Waals surface area contributed by atoms with Gasteiger partial charge in [-0.05, 0) is 34.0 Å². The van der Waals surface area contributed by atoms with Crippen molar-refractivity contribution in [3.05, 3.63) is 89.0 Å². The Morgan fingerprint density at radius 2 is 1.57 bits per heavy atom. The van der Waals surface area contributed by atoms with Gasteiger partial charge in [-0.25, -0.2) is 0 Å². The molecule has 0 unspecified atom stereocenters. The number of hydrogen-bond acceptors (Lipinski definition) is 1. The molecule has 1 nitrogen and oxygen atoms in total. The predicted molar refractivity (Wildman–Crippen MR) is 86.4 cm³/mol. The van der Waals surface area contributed by atoms with Gasteiger partial charge in [0.1, 0.15) is 0 Å². The first kappa shape index (κ1) is 12.1. The molecule has 0 radical (unpaired) electrons. The molecule has 0 aliphatic heterocycles. The highest BCUT2D eigenvalue weighted by Gasteiger charge is 2.23. The summed E-state index contributed by atoms with van der Waals surface area (Å²) in [5.41, 5.74) is 3.95. The van der Waals surface area contributed by atoms with Crippen molar-refractivity contribution in [2.45, 2.75) is 6.42 Å². The highest BCUT2D eigenvalue weighted by Crippen LogP contribution is 2.28. The standard InChI is InChI=1S/C20H14O/c21-20-18(13-17-7-3-4-8-19(17)20)12-14-9-10-15-5-1-2-6-16(15)11-14/h1-12H,13H2/b18-12-. The van der Waals surface area contributed by atoms with Crippen LogP contribution in [0.3, 0.4) is 0 Å². The van der Waals surface area contributed by atoms with Crippen molar-refractivity contribution in [2.24, 2.45) is 0 Å². The highest BCUT2D eigenvalue weighted by molar-refractivity contribution is 6.15. The Morgan fingerprint density at radius 1 is 0.810 bits per heavy atom. The zero-order valence-corrected chi connectivity index (χ0v) is 11.5. The molecule has 4 rings (SSSR count). The second-order valence-electron chi connectivity index (χ2n) is 5.44. The number of Topliss-reactive ketones (excluding diaryl/α,β-unsaturated/α-hetero) is 1. The largest absolute Gasteiger partial charge is 0.289 e. The molecule has 3 aromatic carbocycles. The molecule has 0 atom stereocenters. The molecule has 1 aliphatic rings. The van der Waals surface area contributed by atoms with Gasteiger partial charge in [-0.1, -0.05) is 60.7 Å². The van der Waals surface area contributed by atoms with E-state index in [1.54, 1.807) is 0 Å². The van der Waals surface area contributed by atoms with Gasteiger partial charge >= 0.3 is 0 Å². The molecule has 0 spiro atoms. The Morgan fingerprint density at radius 3 is 2.43 bits per heavy atom. The van der Waals surface area contributed by atoms with Crippen LogP contribution in [0.4, 0.5) is 0 Å². The fraction of sp³-hybridized carbons (Fsp3) is 0.0500. The lowest BCUT2D eigenvalue weighted by Crippen LogP contribution is -1.94. The van der Waals surface area contributed by atoms with Crippen molar-refractivity contribution >= 4 is 22.6 Å². The van der Waals surface area contributed by atoms with Gasteiger partial charge in [0.05, 0.1) is 0 Å². The van der Waals surface area contributed by atoms with Crippen LogP contribution < -0.4 is 0 Å². The lowest BCUT2D eigenvalue weighted by atomic mass is 10.0. The summed E-state index contributed by atoms with van der Waals surface area (Å²) >= 11 is 0. The minimum atomic E-state index is 0.166. The van der Waals surface area contributed by atoms with Gasteiger partial charge in [-0.3, -0.25) is 4.79 Å². The number of carbonyl (C=O) groups excluding carboxylic acids is 1. The predicted octanol–water partition coefficient (Wildman–Crippen LogP) is 4.66. The van der Waals surface area contributed by atoms with Gasteiger partial charge in [0.25, 0.3) is 0 Å². The van der Waals surface area contributed by atoms with E-state index < -0.39 is 0 Å². The smallest absolute Gasteiger partial charge is 0.189 e. The van der Waals surface area contributed by atoms with Gasteiger partial charge in [0.15, 0.2) is 5.78 Å². The van der Waals surface area contributed by atoms with E-state index in [1.165, 1.54) is 10.8 Å². The lowest BCUT2D eigenvalue weighted by Gasteiger charge is -2.01. The average molecular weight is 270 g/mol. The summed E-state index contributed by atoms with van der Waals surface area (Å²) in [6.07, 6.45) is 2.76. The maximum Gasteiger partial charge on any atom is 0.189 e. The minimum absolute atomic E-state index is 0.166. The Labute approximate surface area is 123 Å². The Balaban J connectivity index is 1.76. The van der Waals surface area contributed by atoms with E-state index >= 15 is 0 Å². The Bertz CT molecular complexity index is 887. The molecular weight excluding hydrogens is 256 g/mol. The van der Waals surface area contributed by atoms with Crippen molar-refractivity contribution < 1.29 is 4.79 Å². The van der Waals surface area contributed by atoms with Crippen LogP contribution >= 0.6 is 0 Å². The summed E-state index contributed by atoms with van der Waals surface area (Å²) < 4.78 is 0. The van der Waals surface area contributed by atoms with Crippen LogP contribution in [0.25, 0.3) is 16.8 Å². The van der Waals surface area contributed by atoms with Crippen LogP contribution in [0.5, 0.6) is 0 Å². The number of benzene rings is 3. The van der Waals surface area contributed by atoms with E-state index in [9.17, 15) is 4.79 Å². The van der Waals surface area contributed by atoms with E-state index in [1.807, 2.05) is 42.5 Å². The molecule has 1 heteroatoms. The highest BCUT2D eigenvalue weighted by atomic mass is 16.1. The van der Waals surface area contributed by atoms with Crippen molar-refractivity contribution in [1.29, 1.82) is 0 Å². The third-order valence-corrected chi connectivity index (χ3v) is 4.05. The Hall–Kier alpha value is -2.67. The van der Waals surface area contributed by atoms with Crippen molar-refractivity contribution in [3.63, 3.8) is 0 Å². The molecule has 0 saturated heterocycles. The normalized spacial score (nSPS) is 15.6. The topological polar surface area (TPSA) is 17.1 Å². The molecule has 0 amide bonds. The van der Waals surface area contributed by atoms with E-state index in [2.05, 4.69) is 30.3 Å². The molecule has 3 aromatic rings. The summed E-state index contributed by atoms with van der Waals surface area (Å²) in [7, 11) is 0. The maximum atomic E-state index is 12.4. The molecule has 100 valence electrons. The van der Waals surface area contributed by atoms with E-state index in [-0.39, 0.29) is 5.78 Å². The van der Waals surface area contributed by atoms with E-state index in [4.69, 9.17) is 0 Å². The molecular formula is C20H14O. The molecule has 0 bridgehead atoms. The van der Waals surface area contributed by atoms with Crippen LogP contribution in [0.2, 0.25) is 0 Å². The fourth-order valence-electron chi connectivity index (χ4n) is 2.97. The average Bonchev–Trinajstić information content (AvgIpc) is 2.84. The number of hydrogen-bond donors (Lipinski definition) is 0. The van der Waals surface area contributed by atoms with Crippen LogP contribution in [0.1, 0.15) is 21.5 Å². The summed E-state index contributed by atoms with van der Waals surface area (Å²) in [6, 6.07) is 22.5. The molecule has 0 aromatic heterocycles. The number of ketones is 1. The SMILES string of the molecule is O=C1/C(=C\c2ccc3ccccc3c2)Cc2ccccc21. The zero-order valence-electron chi connectivity index (χ0n) is 11.5. The number of rotatable bonds is 1. The lowest BCUT2D eigenvalue weighted by molar-refractivity contribution is 0.104. The second-order valence-corrected chi connectivity index (χ2v) is 5.44. The zero-order chi connectivity index (χ0) is 14.2. The van der Waals surface area contributed by atoms with Crippen molar-refractivity contribution in [3.8, 4) is 0 Å². The summed E-state index contributed by atoms with van der Waals surface area (Å²) in [6.45, 7) is 0. The third kappa shape index (κ3) is 2.07. The molecule has 0 heterocycles. The summed E-state index contributed by atoms with van der Waals surface area (Å²) in [5.74, 6) is 0.166. The van der Waals surface area contributed by atoms with Crippen LogP contribution in [-0.2, 0) is 6.42 Å². The quantitative estimate of drug-likeness (QED) is 0.588. The first-order chi connectivity index (χ1) is 10.3. The summed E-state index contributed by atoms with van der Waals surface area (Å²) in [4.78, 5) is 12.4. The fourth-order valence-corrected chi connectivity index (χ4v) is 2.97. The number of fused-ring (bicyclic) bond motifs is 2. The monoisotopic (exact) mass is 270 g/mol.